The Morgan fingerprint density at radius 1 is 1.27 bits per heavy atom. The van der Waals surface area contributed by atoms with Gasteiger partial charge in [0.15, 0.2) is 0 Å². The zero-order chi connectivity index (χ0) is 22.7. The van der Waals surface area contributed by atoms with Gasteiger partial charge >= 0.3 is 0 Å². The molecule has 3 aromatic rings. The molecule has 3 fully saturated rings. The van der Waals surface area contributed by atoms with Crippen LogP contribution in [0.3, 0.4) is 0 Å². The molecule has 2 aromatic heterocycles. The van der Waals surface area contributed by atoms with E-state index < -0.39 is 0 Å². The molecule has 0 N–H and O–H groups in total. The number of aromatic nitrogens is 3. The molecule has 3 heterocycles. The predicted octanol–water partition coefficient (Wildman–Crippen LogP) is 4.13. The fraction of sp³-hybridized carbons (Fsp3) is 0.400. The van der Waals surface area contributed by atoms with Crippen molar-refractivity contribution >= 4 is 23.0 Å². The van der Waals surface area contributed by atoms with E-state index in [1.54, 1.807) is 30.5 Å². The van der Waals surface area contributed by atoms with Crippen molar-refractivity contribution in [3.8, 4) is 6.07 Å². The Balaban J connectivity index is 1.19. The van der Waals surface area contributed by atoms with E-state index in [9.17, 15) is 9.18 Å². The van der Waals surface area contributed by atoms with Crippen LogP contribution in [0.1, 0.15) is 48.5 Å². The topological polar surface area (TPSA) is 87.2 Å². The number of nitriles is 1. The third-order valence-electron chi connectivity index (χ3n) is 7.73. The average molecular weight is 442 g/mol. The summed E-state index contributed by atoms with van der Waals surface area (Å²) in [4.78, 5) is 17.8. The van der Waals surface area contributed by atoms with Gasteiger partial charge in [-0.05, 0) is 67.9 Å². The molecule has 7 rings (SSSR count). The summed E-state index contributed by atoms with van der Waals surface area (Å²) < 4.78 is 16.1. The summed E-state index contributed by atoms with van der Waals surface area (Å²) in [6.07, 6.45) is 8.31. The Labute approximate surface area is 190 Å². The zero-order valence-electron chi connectivity index (χ0n) is 18.3. The number of hydrogen-bond donors (Lipinski definition) is 0. The van der Waals surface area contributed by atoms with Gasteiger partial charge in [-0.1, -0.05) is 0 Å². The van der Waals surface area contributed by atoms with Crippen molar-refractivity contribution in [1.29, 1.82) is 5.26 Å². The molecule has 3 aliphatic carbocycles. The number of hydrogen-bond acceptors (Lipinski definition) is 5. The highest BCUT2D eigenvalue weighted by molar-refractivity contribution is 5.87. The summed E-state index contributed by atoms with van der Waals surface area (Å²) in [5, 5.41) is 20.6. The predicted molar refractivity (Wildman–Crippen MR) is 119 cm³/mol. The van der Waals surface area contributed by atoms with Crippen LogP contribution in [0.25, 0.3) is 10.9 Å². The maximum Gasteiger partial charge on any atom is 0.249 e. The highest BCUT2D eigenvalue weighted by Gasteiger charge is 2.62. The van der Waals surface area contributed by atoms with E-state index in [2.05, 4.69) is 21.3 Å². The summed E-state index contributed by atoms with van der Waals surface area (Å²) in [6.45, 7) is 2.39. The number of amides is 1. The molecule has 33 heavy (non-hydrogen) atoms. The van der Waals surface area contributed by atoms with E-state index in [0.29, 0.717) is 35.1 Å². The highest BCUT2D eigenvalue weighted by Crippen LogP contribution is 2.63. The van der Waals surface area contributed by atoms with Crippen molar-refractivity contribution in [2.45, 2.75) is 45.2 Å². The van der Waals surface area contributed by atoms with Gasteiger partial charge in [-0.3, -0.25) is 14.5 Å². The summed E-state index contributed by atoms with van der Waals surface area (Å²) >= 11 is 0. The van der Waals surface area contributed by atoms with Crippen LogP contribution >= 0.6 is 0 Å². The molecule has 1 aliphatic heterocycles. The van der Waals surface area contributed by atoms with Crippen LogP contribution in [0.2, 0.25) is 0 Å². The summed E-state index contributed by atoms with van der Waals surface area (Å²) in [5.74, 6) is 0.555. The fourth-order valence-corrected chi connectivity index (χ4v) is 5.95. The van der Waals surface area contributed by atoms with Crippen molar-refractivity contribution in [3.63, 3.8) is 0 Å². The SMILES string of the molecule is Cc1ncc(C2CC=NN2C(=O)C23CC(C2)[C@H](Cn2ncc4cc(C#N)ccc42)C3)cc1F. The normalized spacial score (nSPS) is 27.7. The van der Waals surface area contributed by atoms with Crippen LogP contribution in [-0.4, -0.2) is 31.9 Å². The molecule has 0 radical (unpaired) electrons. The molecule has 1 amide bonds. The first-order chi connectivity index (χ1) is 16.0. The second-order valence-corrected chi connectivity index (χ2v) is 9.66. The summed E-state index contributed by atoms with van der Waals surface area (Å²) in [5.41, 5.74) is 2.29. The lowest BCUT2D eigenvalue weighted by atomic mass is 9.68. The van der Waals surface area contributed by atoms with E-state index in [1.165, 1.54) is 6.07 Å². The van der Waals surface area contributed by atoms with Crippen LogP contribution in [-0.2, 0) is 11.3 Å². The molecule has 4 aliphatic rings. The Kier molecular flexibility index (Phi) is 4.37. The van der Waals surface area contributed by atoms with Crippen molar-refractivity contribution in [3.05, 3.63) is 59.3 Å². The second-order valence-electron chi connectivity index (χ2n) is 9.66. The molecular weight excluding hydrogens is 419 g/mol. The van der Waals surface area contributed by atoms with Gasteiger partial charge in [-0.25, -0.2) is 9.40 Å². The number of hydrazone groups is 1. The Morgan fingerprint density at radius 3 is 2.91 bits per heavy atom. The van der Waals surface area contributed by atoms with E-state index in [4.69, 9.17) is 5.26 Å². The lowest BCUT2D eigenvalue weighted by molar-refractivity contribution is -0.148. The second kappa shape index (κ2) is 7.20. The molecule has 7 nitrogen and oxygen atoms in total. The molecule has 3 saturated carbocycles. The molecule has 2 atom stereocenters. The van der Waals surface area contributed by atoms with Gasteiger partial charge in [-0.2, -0.15) is 15.5 Å². The molecule has 0 spiro atoms. The molecule has 1 unspecified atom stereocenters. The average Bonchev–Trinajstić information content (AvgIpc) is 3.57. The first kappa shape index (κ1) is 20.0. The van der Waals surface area contributed by atoms with Crippen LogP contribution in [0.15, 0.2) is 41.8 Å². The number of nitrogens with zero attached hydrogens (tertiary/aromatic N) is 6. The lowest BCUT2D eigenvalue weighted by Crippen LogP contribution is -2.45. The van der Waals surface area contributed by atoms with E-state index in [0.717, 1.165) is 36.7 Å². The number of pyridine rings is 1. The third kappa shape index (κ3) is 3.06. The van der Waals surface area contributed by atoms with Gasteiger partial charge in [0.1, 0.15) is 5.82 Å². The van der Waals surface area contributed by atoms with Gasteiger partial charge in [0, 0.05) is 30.8 Å². The van der Waals surface area contributed by atoms with Crippen LogP contribution in [0, 0.1) is 41.3 Å². The molecule has 0 saturated heterocycles. The Bertz CT molecular complexity index is 1350. The van der Waals surface area contributed by atoms with Gasteiger partial charge in [0.2, 0.25) is 5.91 Å². The number of rotatable bonds is 4. The molecule has 8 heteroatoms. The minimum atomic E-state index is -0.386. The fourth-order valence-electron chi connectivity index (χ4n) is 5.95. The standard InChI is InChI=1S/C25H23FN6O/c1-15-21(26)7-18(12-28-15)23-4-5-29-32(23)24(33)25-8-19(9-25)20(10-25)14-31-22-3-2-16(11-27)6-17(22)13-30-31/h2-3,5-7,12-13,19-20,23H,4,8-10,14H2,1H3/t19?,20-,23?,25?/m0/s1. The van der Waals surface area contributed by atoms with Gasteiger partial charge in [0.25, 0.3) is 0 Å². The van der Waals surface area contributed by atoms with E-state index >= 15 is 0 Å². The maximum atomic E-state index is 14.1. The van der Waals surface area contributed by atoms with Crippen LogP contribution in [0.4, 0.5) is 4.39 Å². The summed E-state index contributed by atoms with van der Waals surface area (Å²) in [7, 11) is 0. The number of fused-ring (bicyclic) bond motifs is 2. The summed E-state index contributed by atoms with van der Waals surface area (Å²) in [6, 6.07) is 8.96. The van der Waals surface area contributed by atoms with Crippen LogP contribution in [0.5, 0.6) is 0 Å². The minimum absolute atomic E-state index is 0.0463. The number of carbonyl (C=O) groups is 1. The van der Waals surface area contributed by atoms with Gasteiger partial charge in [0.05, 0.1) is 40.5 Å². The number of carbonyl (C=O) groups excluding carboxylic acids is 1. The number of halogens is 1. The zero-order valence-corrected chi connectivity index (χ0v) is 18.3. The Morgan fingerprint density at radius 2 is 2.12 bits per heavy atom. The molecule has 166 valence electrons. The minimum Gasteiger partial charge on any atom is -0.272 e. The van der Waals surface area contributed by atoms with Crippen molar-refractivity contribution < 1.29 is 9.18 Å². The Hall–Kier alpha value is -3.60. The largest absolute Gasteiger partial charge is 0.272 e. The molecular formula is C25H23FN6O. The van der Waals surface area contributed by atoms with Gasteiger partial charge in [-0.15, -0.1) is 0 Å². The monoisotopic (exact) mass is 442 g/mol. The van der Waals surface area contributed by atoms with Crippen molar-refractivity contribution in [2.75, 3.05) is 0 Å². The lowest BCUT2D eigenvalue weighted by Gasteiger charge is -2.40. The first-order valence-electron chi connectivity index (χ1n) is 11.3. The van der Waals surface area contributed by atoms with Gasteiger partial charge < -0.3 is 0 Å². The maximum absolute atomic E-state index is 14.1. The van der Waals surface area contributed by atoms with Crippen LogP contribution < -0.4 is 0 Å². The molecule has 2 bridgehead atoms. The van der Waals surface area contributed by atoms with Crippen molar-refractivity contribution in [2.24, 2.45) is 22.4 Å². The first-order valence-corrected chi connectivity index (χ1v) is 11.3. The highest BCUT2D eigenvalue weighted by atomic mass is 19.1. The number of benzene rings is 1. The van der Waals surface area contributed by atoms with E-state index in [-0.39, 0.29) is 23.2 Å². The van der Waals surface area contributed by atoms with E-state index in [1.807, 2.05) is 22.9 Å². The number of aryl methyl sites for hydroxylation is 1. The third-order valence-corrected chi connectivity index (χ3v) is 7.73. The van der Waals surface area contributed by atoms with Crippen molar-refractivity contribution in [1.82, 2.24) is 19.8 Å². The molecule has 1 aromatic carbocycles. The smallest absolute Gasteiger partial charge is 0.249 e. The quantitative estimate of drug-likeness (QED) is 0.608.